The number of methoxy groups -OCH3 is 1. The molecule has 6 nitrogen and oxygen atoms in total. The van der Waals surface area contributed by atoms with Crippen molar-refractivity contribution in [1.82, 2.24) is 0 Å². The summed E-state index contributed by atoms with van der Waals surface area (Å²) in [6.45, 7) is 0. The first-order valence-corrected chi connectivity index (χ1v) is 9.35. The minimum absolute atomic E-state index is 0.342. The van der Waals surface area contributed by atoms with Crippen LogP contribution in [-0.4, -0.2) is 26.0 Å². The third kappa shape index (κ3) is 7.70. The van der Waals surface area contributed by atoms with Crippen LogP contribution in [0, 0.1) is 0 Å². The summed E-state index contributed by atoms with van der Waals surface area (Å²) in [5.41, 5.74) is 5.96. The Hall–Kier alpha value is -1.87. The average Bonchev–Trinajstić information content (AvgIpc) is 2.52. The molecule has 0 radical (unpaired) electrons. The van der Waals surface area contributed by atoms with Crippen LogP contribution in [0.2, 0.25) is 5.02 Å². The summed E-state index contributed by atoms with van der Waals surface area (Å²) < 4.78 is 35.2. The SMILES string of the molecule is COc1ccccc1/C=C/S(=O)(=O)O.NC(=O)c1ccc(Br)cc1Cl. The molecule has 134 valence electrons. The van der Waals surface area contributed by atoms with Crippen LogP contribution in [0.15, 0.2) is 52.3 Å². The highest BCUT2D eigenvalue weighted by Crippen LogP contribution is 2.20. The Morgan fingerprint density at radius 3 is 2.44 bits per heavy atom. The number of primary amides is 1. The Balaban J connectivity index is 0.000000257. The second-order valence-corrected chi connectivity index (χ2v) is 7.17. The number of ether oxygens (including phenoxy) is 1. The predicted octanol–water partition coefficient (Wildman–Crippen LogP) is 3.76. The van der Waals surface area contributed by atoms with Crippen LogP contribution in [0.25, 0.3) is 6.08 Å². The number of amides is 1. The summed E-state index contributed by atoms with van der Waals surface area (Å²) in [7, 11) is -2.60. The van der Waals surface area contributed by atoms with Crippen molar-refractivity contribution in [1.29, 1.82) is 0 Å². The topological polar surface area (TPSA) is 107 Å². The molecule has 0 spiro atoms. The molecule has 0 aliphatic rings. The van der Waals surface area contributed by atoms with Gasteiger partial charge in [-0.1, -0.05) is 45.7 Å². The number of hydrogen-bond donors (Lipinski definition) is 2. The highest BCUT2D eigenvalue weighted by molar-refractivity contribution is 9.10. The molecule has 25 heavy (non-hydrogen) atoms. The quantitative estimate of drug-likeness (QED) is 0.693. The molecule has 0 aromatic heterocycles. The summed E-state index contributed by atoms with van der Waals surface area (Å²) in [5, 5.41) is 1.08. The van der Waals surface area contributed by atoms with Crippen LogP contribution in [0.5, 0.6) is 5.75 Å². The summed E-state index contributed by atoms with van der Waals surface area (Å²) in [5.74, 6) is 0.0369. The molecule has 0 saturated carbocycles. The minimum Gasteiger partial charge on any atom is -0.496 e. The molecule has 0 unspecified atom stereocenters. The molecule has 2 aromatic rings. The van der Waals surface area contributed by atoms with E-state index in [0.717, 1.165) is 4.47 Å². The monoisotopic (exact) mass is 447 g/mol. The van der Waals surface area contributed by atoms with Gasteiger partial charge >= 0.3 is 0 Å². The number of carbonyl (C=O) groups excluding carboxylic acids is 1. The molecule has 2 aromatic carbocycles. The summed E-state index contributed by atoms with van der Waals surface area (Å²) in [6, 6.07) is 11.8. The number of halogens is 2. The van der Waals surface area contributed by atoms with Crippen molar-refractivity contribution >= 4 is 49.6 Å². The lowest BCUT2D eigenvalue weighted by Crippen LogP contribution is -2.11. The molecule has 0 bridgehead atoms. The standard InChI is InChI=1S/C9H10O4S.C7H5BrClNO/c1-13-9-5-3-2-4-8(9)6-7-14(10,11)12;8-4-1-2-5(7(10)11)6(9)3-4/h2-7H,1H3,(H,10,11,12);1-3H,(H2,10,11)/b7-6+;. The molecule has 3 N–H and O–H groups in total. The normalized spacial score (nSPS) is 10.9. The Morgan fingerprint density at radius 1 is 1.28 bits per heavy atom. The van der Waals surface area contributed by atoms with Gasteiger partial charge in [0.05, 0.1) is 23.1 Å². The zero-order chi connectivity index (χ0) is 19.0. The Morgan fingerprint density at radius 2 is 1.92 bits per heavy atom. The molecule has 0 fully saturated rings. The molecule has 9 heteroatoms. The van der Waals surface area contributed by atoms with Gasteiger partial charge in [0, 0.05) is 10.0 Å². The second kappa shape index (κ2) is 9.57. The number of para-hydroxylation sites is 1. The summed E-state index contributed by atoms with van der Waals surface area (Å²) in [6.07, 6.45) is 1.27. The molecule has 0 aliphatic carbocycles. The van der Waals surface area contributed by atoms with E-state index in [-0.39, 0.29) is 0 Å². The van der Waals surface area contributed by atoms with E-state index in [0.29, 0.717) is 27.3 Å². The van der Waals surface area contributed by atoms with E-state index in [1.807, 2.05) is 0 Å². The van der Waals surface area contributed by atoms with Gasteiger partial charge < -0.3 is 10.5 Å². The lowest BCUT2D eigenvalue weighted by molar-refractivity contribution is 0.100. The van der Waals surface area contributed by atoms with Gasteiger partial charge in [-0.25, -0.2) is 0 Å². The van der Waals surface area contributed by atoms with E-state index in [2.05, 4.69) is 15.9 Å². The van der Waals surface area contributed by atoms with Gasteiger partial charge in [-0.15, -0.1) is 0 Å². The Labute approximate surface area is 159 Å². The van der Waals surface area contributed by atoms with Crippen LogP contribution < -0.4 is 10.5 Å². The van der Waals surface area contributed by atoms with Crippen LogP contribution in [0.3, 0.4) is 0 Å². The number of benzene rings is 2. The predicted molar refractivity (Wildman–Crippen MR) is 101 cm³/mol. The molecule has 0 saturated heterocycles. The van der Waals surface area contributed by atoms with Gasteiger partial charge in [0.2, 0.25) is 5.91 Å². The van der Waals surface area contributed by atoms with Crippen molar-refractivity contribution in [3.05, 3.63) is 68.5 Å². The fraction of sp³-hybridized carbons (Fsp3) is 0.0625. The van der Waals surface area contributed by atoms with Crippen molar-refractivity contribution in [2.75, 3.05) is 7.11 Å². The van der Waals surface area contributed by atoms with E-state index < -0.39 is 16.0 Å². The summed E-state index contributed by atoms with van der Waals surface area (Å²) in [4.78, 5) is 10.7. The third-order valence-electron chi connectivity index (χ3n) is 2.76. The molecule has 0 aliphatic heterocycles. The maximum atomic E-state index is 10.7. The fourth-order valence-electron chi connectivity index (χ4n) is 1.65. The van der Waals surface area contributed by atoms with Gasteiger partial charge in [0.15, 0.2) is 0 Å². The van der Waals surface area contributed by atoms with E-state index in [9.17, 15) is 13.2 Å². The van der Waals surface area contributed by atoms with Crippen LogP contribution in [0.1, 0.15) is 15.9 Å². The third-order valence-corrected chi connectivity index (χ3v) is 4.04. The largest absolute Gasteiger partial charge is 0.496 e. The minimum atomic E-state index is -4.08. The molecular formula is C16H15BrClNO5S. The van der Waals surface area contributed by atoms with Crippen LogP contribution >= 0.6 is 27.5 Å². The lowest BCUT2D eigenvalue weighted by Gasteiger charge is -2.02. The first-order chi connectivity index (χ1) is 11.6. The molecule has 0 heterocycles. The van der Waals surface area contributed by atoms with Gasteiger partial charge in [-0.05, 0) is 30.3 Å². The van der Waals surface area contributed by atoms with Crippen molar-refractivity contribution in [3.63, 3.8) is 0 Å². The van der Waals surface area contributed by atoms with Crippen molar-refractivity contribution in [2.24, 2.45) is 5.73 Å². The number of hydrogen-bond acceptors (Lipinski definition) is 4. The van der Waals surface area contributed by atoms with Crippen molar-refractivity contribution in [3.8, 4) is 5.75 Å². The van der Waals surface area contributed by atoms with Gasteiger partial charge in [0.25, 0.3) is 10.1 Å². The molecule has 2 rings (SSSR count). The zero-order valence-electron chi connectivity index (χ0n) is 13.0. The van der Waals surface area contributed by atoms with Crippen LogP contribution in [-0.2, 0) is 10.1 Å². The van der Waals surface area contributed by atoms with Gasteiger partial charge in [0.1, 0.15) is 5.75 Å². The zero-order valence-corrected chi connectivity index (χ0v) is 16.2. The number of rotatable bonds is 4. The van der Waals surface area contributed by atoms with Crippen molar-refractivity contribution in [2.45, 2.75) is 0 Å². The maximum absolute atomic E-state index is 10.7. The van der Waals surface area contributed by atoms with Crippen molar-refractivity contribution < 1.29 is 22.5 Å². The van der Waals surface area contributed by atoms with Crippen LogP contribution in [0.4, 0.5) is 0 Å². The maximum Gasteiger partial charge on any atom is 0.287 e. The number of nitrogens with two attached hydrogens (primary N) is 1. The van der Waals surface area contributed by atoms with E-state index in [1.165, 1.54) is 13.2 Å². The van der Waals surface area contributed by atoms with Gasteiger partial charge in [-0.2, -0.15) is 8.42 Å². The van der Waals surface area contributed by atoms with E-state index in [4.69, 9.17) is 26.6 Å². The second-order valence-electron chi connectivity index (χ2n) is 4.55. The fourth-order valence-corrected chi connectivity index (χ4v) is 2.74. The lowest BCUT2D eigenvalue weighted by atomic mass is 10.2. The highest BCUT2D eigenvalue weighted by Gasteiger charge is 2.05. The number of carbonyl (C=O) groups is 1. The first kappa shape index (κ1) is 21.2. The molecule has 1 amide bonds. The van der Waals surface area contributed by atoms with E-state index in [1.54, 1.807) is 42.5 Å². The van der Waals surface area contributed by atoms with E-state index >= 15 is 0 Å². The summed E-state index contributed by atoms with van der Waals surface area (Å²) >= 11 is 8.90. The first-order valence-electron chi connectivity index (χ1n) is 6.67. The molecule has 0 atom stereocenters. The Kier molecular flexibility index (Phi) is 8.11. The smallest absolute Gasteiger partial charge is 0.287 e. The highest BCUT2D eigenvalue weighted by atomic mass is 79.9. The van der Waals surface area contributed by atoms with Gasteiger partial charge in [-0.3, -0.25) is 9.35 Å². The molecular weight excluding hydrogens is 434 g/mol. The average molecular weight is 449 g/mol. The Bertz CT molecular complexity index is 884.